The standard InChI is InChI=1S/C9H11BrClF3O2/c1-7(2,5-6(15)16)3-4-8(10,11)9(12,13)14/h3-4H,5H2,1-2H3,(H,15,16). The number of aliphatic carboxylic acids is 1. The number of carboxylic acid groups (broad SMARTS) is 1. The average Bonchev–Trinajstić information content (AvgIpc) is 1.96. The summed E-state index contributed by atoms with van der Waals surface area (Å²) in [6, 6.07) is 0. The molecule has 7 heteroatoms. The van der Waals surface area contributed by atoms with E-state index in [0.717, 1.165) is 6.08 Å². The van der Waals surface area contributed by atoms with Crippen LogP contribution in [0.4, 0.5) is 13.2 Å². The normalized spacial score (nSPS) is 17.4. The Morgan fingerprint density at radius 1 is 1.38 bits per heavy atom. The van der Waals surface area contributed by atoms with Crippen LogP contribution in [0.25, 0.3) is 0 Å². The number of alkyl halides is 5. The van der Waals surface area contributed by atoms with Crippen molar-refractivity contribution in [3.63, 3.8) is 0 Å². The number of halogens is 5. The largest absolute Gasteiger partial charge is 0.481 e. The molecule has 0 fully saturated rings. The van der Waals surface area contributed by atoms with Gasteiger partial charge in [-0.2, -0.15) is 13.2 Å². The molecule has 0 heterocycles. The third-order valence-corrected chi connectivity index (χ3v) is 2.78. The topological polar surface area (TPSA) is 37.3 Å². The van der Waals surface area contributed by atoms with Gasteiger partial charge in [-0.3, -0.25) is 4.79 Å². The molecule has 0 rings (SSSR count). The van der Waals surface area contributed by atoms with Crippen LogP contribution in [0.2, 0.25) is 0 Å². The molecule has 0 aromatic carbocycles. The second-order valence-electron chi connectivity index (χ2n) is 4.01. The van der Waals surface area contributed by atoms with Gasteiger partial charge in [-0.25, -0.2) is 0 Å². The highest BCUT2D eigenvalue weighted by atomic mass is 79.9. The first-order valence-electron chi connectivity index (χ1n) is 4.24. The molecule has 0 aliphatic carbocycles. The molecule has 94 valence electrons. The number of hydrogen-bond acceptors (Lipinski definition) is 1. The van der Waals surface area contributed by atoms with Gasteiger partial charge in [0.1, 0.15) is 0 Å². The average molecular weight is 324 g/mol. The van der Waals surface area contributed by atoms with Crippen LogP contribution in [0.3, 0.4) is 0 Å². The highest BCUT2D eigenvalue weighted by Crippen LogP contribution is 2.43. The van der Waals surface area contributed by atoms with E-state index in [1.54, 1.807) is 0 Å². The molecule has 0 radical (unpaired) electrons. The smallest absolute Gasteiger partial charge is 0.421 e. The summed E-state index contributed by atoms with van der Waals surface area (Å²) in [5, 5.41) is 8.54. The van der Waals surface area contributed by atoms with Gasteiger partial charge in [-0.1, -0.05) is 47.5 Å². The van der Waals surface area contributed by atoms with Crippen LogP contribution >= 0.6 is 27.5 Å². The lowest BCUT2D eigenvalue weighted by molar-refractivity contribution is -0.138. The fourth-order valence-corrected chi connectivity index (χ4v) is 1.07. The molecule has 0 saturated carbocycles. The van der Waals surface area contributed by atoms with Crippen molar-refractivity contribution < 1.29 is 23.1 Å². The quantitative estimate of drug-likeness (QED) is 0.628. The predicted molar refractivity (Wildman–Crippen MR) is 58.7 cm³/mol. The number of rotatable bonds is 4. The first-order valence-corrected chi connectivity index (χ1v) is 5.41. The van der Waals surface area contributed by atoms with E-state index in [4.69, 9.17) is 16.7 Å². The molecule has 1 N–H and O–H groups in total. The zero-order chi connectivity index (χ0) is 13.2. The van der Waals surface area contributed by atoms with Crippen molar-refractivity contribution in [1.29, 1.82) is 0 Å². The zero-order valence-corrected chi connectivity index (χ0v) is 10.9. The summed E-state index contributed by atoms with van der Waals surface area (Å²) >= 11 is 7.54. The van der Waals surface area contributed by atoms with E-state index in [1.807, 2.05) is 0 Å². The summed E-state index contributed by atoms with van der Waals surface area (Å²) < 4.78 is 34.3. The second-order valence-corrected chi connectivity index (χ2v) is 6.32. The predicted octanol–water partition coefficient (Wildman–Crippen LogP) is 3.94. The first kappa shape index (κ1) is 15.8. The van der Waals surface area contributed by atoms with Gasteiger partial charge in [0, 0.05) is 0 Å². The molecule has 0 aromatic rings. The van der Waals surface area contributed by atoms with Gasteiger partial charge >= 0.3 is 12.1 Å². The van der Waals surface area contributed by atoms with Crippen molar-refractivity contribution in [2.45, 2.75) is 30.2 Å². The summed E-state index contributed by atoms with van der Waals surface area (Å²) in [6.07, 6.45) is -3.08. The summed E-state index contributed by atoms with van der Waals surface area (Å²) in [5.74, 6) is -1.09. The monoisotopic (exact) mass is 322 g/mol. The maximum Gasteiger partial charge on any atom is 0.421 e. The molecular formula is C9H11BrClF3O2. The highest BCUT2D eigenvalue weighted by molar-refractivity contribution is 9.10. The number of hydrogen-bond donors (Lipinski definition) is 1. The third-order valence-electron chi connectivity index (χ3n) is 1.73. The minimum Gasteiger partial charge on any atom is -0.481 e. The van der Waals surface area contributed by atoms with E-state index in [-0.39, 0.29) is 6.42 Å². The maximum atomic E-state index is 12.3. The molecule has 1 atom stereocenters. The Morgan fingerprint density at radius 2 is 1.81 bits per heavy atom. The van der Waals surface area contributed by atoms with Crippen LogP contribution in [0, 0.1) is 5.41 Å². The Balaban J connectivity index is 4.78. The number of carbonyl (C=O) groups is 1. The van der Waals surface area contributed by atoms with E-state index in [1.165, 1.54) is 13.8 Å². The van der Waals surface area contributed by atoms with E-state index < -0.39 is 21.3 Å². The minimum absolute atomic E-state index is 0.276. The molecule has 0 aliphatic heterocycles. The second kappa shape index (κ2) is 4.96. The Morgan fingerprint density at radius 3 is 2.12 bits per heavy atom. The van der Waals surface area contributed by atoms with Gasteiger partial charge in [0.2, 0.25) is 3.78 Å². The molecule has 0 spiro atoms. The van der Waals surface area contributed by atoms with Crippen molar-refractivity contribution in [3.8, 4) is 0 Å². The van der Waals surface area contributed by atoms with Crippen LogP contribution in [-0.4, -0.2) is 21.0 Å². The van der Waals surface area contributed by atoms with Crippen molar-refractivity contribution in [2.75, 3.05) is 0 Å². The molecule has 0 aliphatic rings. The van der Waals surface area contributed by atoms with E-state index in [0.29, 0.717) is 6.08 Å². The summed E-state index contributed by atoms with van der Waals surface area (Å²) in [6.45, 7) is 3.02. The van der Waals surface area contributed by atoms with Crippen molar-refractivity contribution in [1.82, 2.24) is 0 Å². The molecule has 1 unspecified atom stereocenters. The summed E-state index contributed by atoms with van der Waals surface area (Å²) in [7, 11) is 0. The summed E-state index contributed by atoms with van der Waals surface area (Å²) in [5.41, 5.74) is -0.898. The molecule has 0 saturated heterocycles. The zero-order valence-electron chi connectivity index (χ0n) is 8.61. The van der Waals surface area contributed by atoms with Gasteiger partial charge in [0.25, 0.3) is 0 Å². The molecule has 0 aromatic heterocycles. The Labute approximate surface area is 105 Å². The van der Waals surface area contributed by atoms with E-state index >= 15 is 0 Å². The Kier molecular flexibility index (Phi) is 4.89. The fraction of sp³-hybridized carbons (Fsp3) is 0.667. The van der Waals surface area contributed by atoms with Crippen molar-refractivity contribution in [2.24, 2.45) is 5.41 Å². The maximum absolute atomic E-state index is 12.3. The lowest BCUT2D eigenvalue weighted by Crippen LogP contribution is -2.31. The molecule has 16 heavy (non-hydrogen) atoms. The summed E-state index contributed by atoms with van der Waals surface area (Å²) in [4.78, 5) is 10.4. The van der Waals surface area contributed by atoms with Crippen molar-refractivity contribution >= 4 is 33.5 Å². The molecular weight excluding hydrogens is 312 g/mol. The molecule has 0 bridgehead atoms. The van der Waals surface area contributed by atoms with Crippen LogP contribution in [0.1, 0.15) is 20.3 Å². The molecule has 2 nitrogen and oxygen atoms in total. The van der Waals surface area contributed by atoms with Crippen LogP contribution in [-0.2, 0) is 4.79 Å². The fourth-order valence-electron chi connectivity index (χ4n) is 0.873. The van der Waals surface area contributed by atoms with Gasteiger partial charge in [0.05, 0.1) is 6.42 Å². The Hall–Kier alpha value is -0.230. The number of carboxylic acids is 1. The van der Waals surface area contributed by atoms with Gasteiger partial charge in [0.15, 0.2) is 0 Å². The molecule has 0 amide bonds. The van der Waals surface area contributed by atoms with Crippen LogP contribution < -0.4 is 0 Å². The Bertz CT molecular complexity index is 298. The van der Waals surface area contributed by atoms with Gasteiger partial charge in [-0.05, 0) is 11.5 Å². The lowest BCUT2D eigenvalue weighted by atomic mass is 9.89. The third kappa shape index (κ3) is 5.21. The SMILES string of the molecule is CC(C)(C=CC(Cl)(Br)C(F)(F)F)CC(=O)O. The van der Waals surface area contributed by atoms with Crippen LogP contribution in [0.5, 0.6) is 0 Å². The van der Waals surface area contributed by atoms with Crippen molar-refractivity contribution in [3.05, 3.63) is 12.2 Å². The first-order chi connectivity index (χ1) is 6.87. The van der Waals surface area contributed by atoms with Gasteiger partial charge < -0.3 is 5.11 Å². The lowest BCUT2D eigenvalue weighted by Gasteiger charge is -2.22. The number of allylic oxidation sites excluding steroid dienone is 2. The van der Waals surface area contributed by atoms with Gasteiger partial charge in [-0.15, -0.1) is 0 Å². The van der Waals surface area contributed by atoms with Crippen LogP contribution in [0.15, 0.2) is 12.2 Å². The van der Waals surface area contributed by atoms with E-state index in [9.17, 15) is 18.0 Å². The highest BCUT2D eigenvalue weighted by Gasteiger charge is 2.50. The minimum atomic E-state index is -4.65. The van der Waals surface area contributed by atoms with E-state index in [2.05, 4.69) is 15.9 Å².